The van der Waals surface area contributed by atoms with Gasteiger partial charge >= 0.3 is 0 Å². The Kier molecular flexibility index (Phi) is 9.33. The van der Waals surface area contributed by atoms with Crippen LogP contribution in [0.4, 0.5) is 11.4 Å². The fourth-order valence-corrected chi connectivity index (χ4v) is 3.48. The summed E-state index contributed by atoms with van der Waals surface area (Å²) in [6.07, 6.45) is 3.79. The molecule has 1 atom stereocenters. The van der Waals surface area contributed by atoms with Crippen LogP contribution < -0.4 is 10.6 Å². The molecule has 0 aromatic heterocycles. The Bertz CT molecular complexity index is 827. The molecule has 0 heterocycles. The van der Waals surface area contributed by atoms with Crippen molar-refractivity contribution in [1.82, 2.24) is 0 Å². The maximum atomic E-state index is 13.2. The molecule has 30 heavy (non-hydrogen) atoms. The number of rotatable bonds is 10. The Balaban J connectivity index is 2.16. The summed E-state index contributed by atoms with van der Waals surface area (Å²) in [5, 5.41) is 5.95. The van der Waals surface area contributed by atoms with Crippen LogP contribution in [0.2, 0.25) is 0 Å². The Morgan fingerprint density at radius 2 is 1.37 bits per heavy atom. The molecule has 0 saturated carbocycles. The molecule has 0 aliphatic carbocycles. The Hall–Kier alpha value is -2.88. The molecule has 0 unspecified atom stereocenters. The van der Waals surface area contributed by atoms with Crippen molar-refractivity contribution in [3.05, 3.63) is 72.3 Å². The Labute approximate surface area is 180 Å². The second kappa shape index (κ2) is 12.0. The van der Waals surface area contributed by atoms with E-state index >= 15 is 0 Å². The zero-order valence-electron chi connectivity index (χ0n) is 18.5. The van der Waals surface area contributed by atoms with Crippen LogP contribution in [0.15, 0.2) is 72.3 Å². The molecule has 2 rings (SSSR count). The number of hydrogen-bond donors (Lipinski definition) is 2. The number of amides is 2. The van der Waals surface area contributed by atoms with Gasteiger partial charge in [-0.15, -0.1) is 0 Å². The summed E-state index contributed by atoms with van der Waals surface area (Å²) in [6.45, 7) is 8.55. The minimum Gasteiger partial charge on any atom is -0.326 e. The van der Waals surface area contributed by atoms with Gasteiger partial charge in [-0.3, -0.25) is 9.59 Å². The van der Waals surface area contributed by atoms with Gasteiger partial charge < -0.3 is 10.6 Å². The number of anilines is 2. The summed E-state index contributed by atoms with van der Waals surface area (Å²) in [7, 11) is 0. The van der Waals surface area contributed by atoms with Gasteiger partial charge in [-0.05, 0) is 48.9 Å². The first-order valence-corrected chi connectivity index (χ1v) is 10.8. The van der Waals surface area contributed by atoms with Crippen LogP contribution in [0, 0.1) is 17.8 Å². The first-order valence-electron chi connectivity index (χ1n) is 10.8. The van der Waals surface area contributed by atoms with Crippen molar-refractivity contribution in [1.29, 1.82) is 0 Å². The Morgan fingerprint density at radius 3 is 1.87 bits per heavy atom. The summed E-state index contributed by atoms with van der Waals surface area (Å²) in [4.78, 5) is 25.7. The fraction of sp³-hybridized carbons (Fsp3) is 0.385. The van der Waals surface area contributed by atoms with Crippen molar-refractivity contribution in [2.45, 2.75) is 47.0 Å². The van der Waals surface area contributed by atoms with E-state index in [0.717, 1.165) is 23.4 Å². The Morgan fingerprint density at radius 1 is 0.833 bits per heavy atom. The molecule has 0 bridgehead atoms. The van der Waals surface area contributed by atoms with E-state index in [9.17, 15) is 9.59 Å². The van der Waals surface area contributed by atoms with Crippen LogP contribution in [0.3, 0.4) is 0 Å². The van der Waals surface area contributed by atoms with E-state index in [1.54, 1.807) is 0 Å². The molecule has 160 valence electrons. The molecule has 0 fully saturated rings. The van der Waals surface area contributed by atoms with Gasteiger partial charge in [0.05, 0.1) is 5.92 Å². The van der Waals surface area contributed by atoms with Gasteiger partial charge in [0.1, 0.15) is 0 Å². The summed E-state index contributed by atoms with van der Waals surface area (Å²) in [5.74, 6) is 0.300. The summed E-state index contributed by atoms with van der Waals surface area (Å²) < 4.78 is 0. The molecule has 0 aliphatic heterocycles. The van der Waals surface area contributed by atoms with Crippen molar-refractivity contribution < 1.29 is 9.59 Å². The molecule has 4 heteroatoms. The smallest absolute Gasteiger partial charge is 0.231 e. The van der Waals surface area contributed by atoms with Crippen molar-refractivity contribution in [2.75, 3.05) is 10.6 Å². The van der Waals surface area contributed by atoms with Gasteiger partial charge in [0.25, 0.3) is 0 Å². The fourth-order valence-electron chi connectivity index (χ4n) is 3.48. The number of hydrogen-bond acceptors (Lipinski definition) is 2. The molecule has 2 aromatic carbocycles. The zero-order chi connectivity index (χ0) is 21.9. The van der Waals surface area contributed by atoms with Gasteiger partial charge in [0, 0.05) is 17.8 Å². The standard InChI is InChI=1S/C26H34N2O2/c1-19(2)17-21(18-20(3)4)24(26(30)28-23-13-9-6-10-14-23)15-16-25(29)27-22-11-7-5-8-12-22/h5-14,17,19-20,24H,15-16,18H2,1-4H3,(H,27,29)(H,28,30)/b21-17-/t24-/m0/s1. The van der Waals surface area contributed by atoms with Crippen molar-refractivity contribution in [3.8, 4) is 0 Å². The third-order valence-electron chi connectivity index (χ3n) is 4.71. The van der Waals surface area contributed by atoms with E-state index in [1.807, 2.05) is 60.7 Å². The maximum Gasteiger partial charge on any atom is 0.231 e. The minimum atomic E-state index is -0.337. The predicted octanol–water partition coefficient (Wildman–Crippen LogP) is 6.29. The number of benzene rings is 2. The molecular weight excluding hydrogens is 372 g/mol. The molecular formula is C26H34N2O2. The van der Waals surface area contributed by atoms with Crippen LogP contribution in [-0.2, 0) is 9.59 Å². The largest absolute Gasteiger partial charge is 0.326 e. The molecule has 0 aliphatic rings. The molecule has 4 nitrogen and oxygen atoms in total. The molecule has 2 aromatic rings. The van der Waals surface area contributed by atoms with Gasteiger partial charge in [0.2, 0.25) is 11.8 Å². The van der Waals surface area contributed by atoms with E-state index in [-0.39, 0.29) is 24.2 Å². The van der Waals surface area contributed by atoms with E-state index < -0.39 is 0 Å². The quantitative estimate of drug-likeness (QED) is 0.456. The average molecular weight is 407 g/mol. The highest BCUT2D eigenvalue weighted by Crippen LogP contribution is 2.27. The summed E-state index contributed by atoms with van der Waals surface area (Å²) >= 11 is 0. The number of carbonyl (C=O) groups is 2. The number of nitrogens with one attached hydrogen (secondary N) is 2. The maximum absolute atomic E-state index is 13.2. The van der Waals surface area contributed by atoms with E-state index in [1.165, 1.54) is 0 Å². The number of para-hydroxylation sites is 2. The zero-order valence-corrected chi connectivity index (χ0v) is 18.5. The monoisotopic (exact) mass is 406 g/mol. The molecule has 0 radical (unpaired) electrons. The molecule has 2 N–H and O–H groups in total. The van der Waals surface area contributed by atoms with Crippen LogP contribution in [0.1, 0.15) is 47.0 Å². The van der Waals surface area contributed by atoms with Crippen LogP contribution in [-0.4, -0.2) is 11.8 Å². The van der Waals surface area contributed by atoms with E-state index in [4.69, 9.17) is 0 Å². The van der Waals surface area contributed by atoms with Gasteiger partial charge in [-0.25, -0.2) is 0 Å². The highest BCUT2D eigenvalue weighted by atomic mass is 16.2. The average Bonchev–Trinajstić information content (AvgIpc) is 2.68. The minimum absolute atomic E-state index is 0.0544. The highest BCUT2D eigenvalue weighted by molar-refractivity contribution is 5.95. The number of carbonyl (C=O) groups excluding carboxylic acids is 2. The topological polar surface area (TPSA) is 58.2 Å². The summed E-state index contributed by atoms with van der Waals surface area (Å²) in [5.41, 5.74) is 2.66. The predicted molar refractivity (Wildman–Crippen MR) is 125 cm³/mol. The van der Waals surface area contributed by atoms with Gasteiger partial charge in [-0.2, -0.15) is 0 Å². The molecule has 0 saturated heterocycles. The molecule has 0 spiro atoms. The second-order valence-corrected chi connectivity index (χ2v) is 8.44. The van der Waals surface area contributed by atoms with E-state index in [2.05, 4.69) is 44.4 Å². The van der Waals surface area contributed by atoms with Crippen molar-refractivity contribution >= 4 is 23.2 Å². The molecule has 2 amide bonds. The second-order valence-electron chi connectivity index (χ2n) is 8.44. The van der Waals surface area contributed by atoms with Crippen LogP contribution >= 0.6 is 0 Å². The third-order valence-corrected chi connectivity index (χ3v) is 4.71. The van der Waals surface area contributed by atoms with Crippen molar-refractivity contribution in [3.63, 3.8) is 0 Å². The normalized spacial score (nSPS) is 12.7. The summed E-state index contributed by atoms with van der Waals surface area (Å²) in [6, 6.07) is 18.9. The lowest BCUT2D eigenvalue weighted by atomic mass is 9.85. The van der Waals surface area contributed by atoms with E-state index in [0.29, 0.717) is 18.3 Å². The third kappa shape index (κ3) is 8.24. The SMILES string of the molecule is CC(C)/C=C(/CC(C)C)[C@H](CCC(=O)Nc1ccccc1)C(=O)Nc1ccccc1. The first kappa shape index (κ1) is 23.4. The lowest BCUT2D eigenvalue weighted by Crippen LogP contribution is -2.27. The van der Waals surface area contributed by atoms with Gasteiger partial charge in [-0.1, -0.05) is 75.7 Å². The number of allylic oxidation sites excluding steroid dienone is 1. The lowest BCUT2D eigenvalue weighted by Gasteiger charge is -2.23. The highest BCUT2D eigenvalue weighted by Gasteiger charge is 2.25. The first-order chi connectivity index (χ1) is 14.3. The lowest BCUT2D eigenvalue weighted by molar-refractivity contribution is -0.119. The van der Waals surface area contributed by atoms with Crippen LogP contribution in [0.25, 0.3) is 0 Å². The van der Waals surface area contributed by atoms with Crippen molar-refractivity contribution in [2.24, 2.45) is 17.8 Å². The van der Waals surface area contributed by atoms with Gasteiger partial charge in [0.15, 0.2) is 0 Å². The van der Waals surface area contributed by atoms with Crippen LogP contribution in [0.5, 0.6) is 0 Å².